The predicted octanol–water partition coefficient (Wildman–Crippen LogP) is 3.67. The van der Waals surface area contributed by atoms with Crippen LogP contribution in [0, 0.1) is 6.92 Å². The topological polar surface area (TPSA) is 43.8 Å². The molecule has 3 nitrogen and oxygen atoms in total. The maximum Gasteiger partial charge on any atom is 0.0738 e. The molecule has 2 heterocycles. The van der Waals surface area contributed by atoms with Gasteiger partial charge in [0.05, 0.1) is 15.9 Å². The predicted molar refractivity (Wildman–Crippen MR) is 87.2 cm³/mol. The van der Waals surface area contributed by atoms with E-state index in [0.29, 0.717) is 0 Å². The normalized spacial score (nSPS) is 16.2. The first kappa shape index (κ1) is 14.3. The molecule has 1 unspecified atom stereocenters. The Bertz CT molecular complexity index is 606. The van der Waals surface area contributed by atoms with Gasteiger partial charge in [-0.3, -0.25) is 4.68 Å². The van der Waals surface area contributed by atoms with E-state index in [1.807, 2.05) is 30.0 Å². The Kier molecular flexibility index (Phi) is 4.02. The van der Waals surface area contributed by atoms with Crippen LogP contribution in [0.3, 0.4) is 0 Å². The van der Waals surface area contributed by atoms with Gasteiger partial charge in [-0.05, 0) is 60.2 Å². The quantitative estimate of drug-likeness (QED) is 0.914. The van der Waals surface area contributed by atoms with Gasteiger partial charge < -0.3 is 5.73 Å². The molecule has 2 aromatic heterocycles. The van der Waals surface area contributed by atoms with E-state index < -0.39 is 0 Å². The zero-order chi connectivity index (χ0) is 14.3. The van der Waals surface area contributed by atoms with Gasteiger partial charge in [0.25, 0.3) is 0 Å². The van der Waals surface area contributed by atoms with Crippen molar-refractivity contribution in [1.29, 1.82) is 0 Å². The molecule has 0 radical (unpaired) electrons. The Morgan fingerprint density at radius 1 is 1.45 bits per heavy atom. The molecule has 0 aromatic carbocycles. The molecule has 1 aliphatic rings. The molecule has 2 aromatic rings. The van der Waals surface area contributed by atoms with Crippen LogP contribution in [0.25, 0.3) is 0 Å². The number of aryl methyl sites for hydroxylation is 4. The summed E-state index contributed by atoms with van der Waals surface area (Å²) in [5, 5.41) is 4.44. The highest BCUT2D eigenvalue weighted by Crippen LogP contribution is 2.34. The van der Waals surface area contributed by atoms with Crippen LogP contribution < -0.4 is 5.73 Å². The molecular formula is C15H20BrN3S. The van der Waals surface area contributed by atoms with Crippen molar-refractivity contribution < 1.29 is 0 Å². The van der Waals surface area contributed by atoms with Crippen molar-refractivity contribution in [2.24, 2.45) is 12.8 Å². The lowest BCUT2D eigenvalue weighted by atomic mass is 9.98. The summed E-state index contributed by atoms with van der Waals surface area (Å²) in [7, 11) is 1.99. The van der Waals surface area contributed by atoms with E-state index in [4.69, 9.17) is 5.73 Å². The lowest BCUT2D eigenvalue weighted by Gasteiger charge is -2.10. The van der Waals surface area contributed by atoms with Gasteiger partial charge in [-0.2, -0.15) is 5.10 Å². The zero-order valence-electron chi connectivity index (χ0n) is 11.9. The van der Waals surface area contributed by atoms with Crippen molar-refractivity contribution in [3.8, 4) is 0 Å². The lowest BCUT2D eigenvalue weighted by molar-refractivity contribution is 0.643. The number of hydrogen-bond donors (Lipinski definition) is 1. The van der Waals surface area contributed by atoms with Gasteiger partial charge >= 0.3 is 0 Å². The second kappa shape index (κ2) is 5.62. The number of hydrogen-bond acceptors (Lipinski definition) is 3. The molecular weight excluding hydrogens is 334 g/mol. The molecule has 0 aliphatic heterocycles. The molecule has 1 atom stereocenters. The lowest BCUT2D eigenvalue weighted by Crippen LogP contribution is -2.14. The summed E-state index contributed by atoms with van der Waals surface area (Å²) >= 11 is 5.53. The van der Waals surface area contributed by atoms with Crippen LogP contribution in [-0.2, 0) is 26.3 Å². The summed E-state index contributed by atoms with van der Waals surface area (Å²) in [5.41, 5.74) is 10.2. The number of aromatic nitrogens is 2. The second-order valence-electron chi connectivity index (χ2n) is 5.58. The van der Waals surface area contributed by atoms with Gasteiger partial charge in [0.1, 0.15) is 0 Å². The molecule has 0 bridgehead atoms. The summed E-state index contributed by atoms with van der Waals surface area (Å²) in [4.78, 5) is 2.88. The van der Waals surface area contributed by atoms with Crippen molar-refractivity contribution in [3.63, 3.8) is 0 Å². The molecule has 0 fully saturated rings. The SMILES string of the molecule is Cc1nn(C)c(CC(N)c2cc3c(s2)CCCC3)c1Br. The Morgan fingerprint density at radius 3 is 2.85 bits per heavy atom. The number of rotatable bonds is 3. The minimum atomic E-state index is 0.0664. The summed E-state index contributed by atoms with van der Waals surface area (Å²) in [5.74, 6) is 0. The van der Waals surface area contributed by atoms with E-state index in [0.717, 1.165) is 16.6 Å². The van der Waals surface area contributed by atoms with Crippen molar-refractivity contribution in [3.05, 3.63) is 37.2 Å². The van der Waals surface area contributed by atoms with Crippen molar-refractivity contribution in [1.82, 2.24) is 9.78 Å². The summed E-state index contributed by atoms with van der Waals surface area (Å²) < 4.78 is 3.03. The van der Waals surface area contributed by atoms with Crippen LogP contribution in [0.15, 0.2) is 10.5 Å². The minimum Gasteiger partial charge on any atom is -0.323 e. The second-order valence-corrected chi connectivity index (χ2v) is 7.55. The van der Waals surface area contributed by atoms with Gasteiger partial charge in [-0.25, -0.2) is 0 Å². The first-order chi connectivity index (χ1) is 9.56. The number of nitrogens with zero attached hydrogens (tertiary/aromatic N) is 2. The van der Waals surface area contributed by atoms with E-state index in [9.17, 15) is 0 Å². The van der Waals surface area contributed by atoms with Crippen LogP contribution in [-0.4, -0.2) is 9.78 Å². The number of halogens is 1. The molecule has 0 saturated heterocycles. The highest BCUT2D eigenvalue weighted by atomic mass is 79.9. The fourth-order valence-electron chi connectivity index (χ4n) is 2.91. The van der Waals surface area contributed by atoms with Gasteiger partial charge in [-0.1, -0.05) is 0 Å². The van der Waals surface area contributed by atoms with E-state index >= 15 is 0 Å². The van der Waals surface area contributed by atoms with Gasteiger partial charge in [0.2, 0.25) is 0 Å². The third-order valence-electron chi connectivity index (χ3n) is 4.06. The smallest absolute Gasteiger partial charge is 0.0738 e. The fraction of sp³-hybridized carbons (Fsp3) is 0.533. The fourth-order valence-corrected chi connectivity index (χ4v) is 4.66. The van der Waals surface area contributed by atoms with Crippen LogP contribution in [0.2, 0.25) is 0 Å². The molecule has 0 saturated carbocycles. The van der Waals surface area contributed by atoms with Crippen molar-refractivity contribution in [2.45, 2.75) is 45.1 Å². The van der Waals surface area contributed by atoms with Gasteiger partial charge in [0, 0.05) is 29.3 Å². The maximum atomic E-state index is 6.43. The Balaban J connectivity index is 1.82. The van der Waals surface area contributed by atoms with E-state index in [-0.39, 0.29) is 6.04 Å². The first-order valence-electron chi connectivity index (χ1n) is 7.11. The molecule has 0 spiro atoms. The number of fused-ring (bicyclic) bond motifs is 1. The highest BCUT2D eigenvalue weighted by Gasteiger charge is 2.20. The number of thiophene rings is 1. The third kappa shape index (κ3) is 2.59. The summed E-state index contributed by atoms with van der Waals surface area (Å²) in [6, 6.07) is 2.40. The maximum absolute atomic E-state index is 6.43. The molecule has 3 rings (SSSR count). The van der Waals surface area contributed by atoms with Crippen molar-refractivity contribution >= 4 is 27.3 Å². The van der Waals surface area contributed by atoms with Crippen LogP contribution >= 0.6 is 27.3 Å². The summed E-state index contributed by atoms with van der Waals surface area (Å²) in [6.45, 7) is 2.02. The standard InChI is InChI=1S/C15H20BrN3S/c1-9-15(16)12(19(2)18-9)8-11(17)14-7-10-5-3-4-6-13(10)20-14/h7,11H,3-6,8,17H2,1-2H3. The van der Waals surface area contributed by atoms with E-state index in [1.165, 1.54) is 41.8 Å². The average Bonchev–Trinajstić information content (AvgIpc) is 2.95. The van der Waals surface area contributed by atoms with Crippen molar-refractivity contribution in [2.75, 3.05) is 0 Å². The largest absolute Gasteiger partial charge is 0.323 e. The Hall–Kier alpha value is -0.650. The molecule has 0 amide bonds. The van der Waals surface area contributed by atoms with Gasteiger partial charge in [0.15, 0.2) is 0 Å². The Morgan fingerprint density at radius 2 is 2.20 bits per heavy atom. The monoisotopic (exact) mass is 353 g/mol. The number of nitrogens with two attached hydrogens (primary N) is 1. The average molecular weight is 354 g/mol. The Labute approximate surface area is 132 Å². The third-order valence-corrected chi connectivity index (χ3v) is 6.46. The van der Waals surface area contributed by atoms with Crippen LogP contribution in [0.5, 0.6) is 0 Å². The van der Waals surface area contributed by atoms with E-state index in [2.05, 4.69) is 27.1 Å². The van der Waals surface area contributed by atoms with Gasteiger partial charge in [-0.15, -0.1) is 11.3 Å². The van der Waals surface area contributed by atoms with E-state index in [1.54, 1.807) is 4.88 Å². The molecule has 20 heavy (non-hydrogen) atoms. The first-order valence-corrected chi connectivity index (χ1v) is 8.72. The zero-order valence-corrected chi connectivity index (χ0v) is 14.4. The highest BCUT2D eigenvalue weighted by molar-refractivity contribution is 9.10. The molecule has 5 heteroatoms. The minimum absolute atomic E-state index is 0.0664. The summed E-state index contributed by atoms with van der Waals surface area (Å²) in [6.07, 6.45) is 5.95. The van der Waals surface area contributed by atoms with Crippen LogP contribution in [0.4, 0.5) is 0 Å². The van der Waals surface area contributed by atoms with Crippen LogP contribution in [0.1, 0.15) is 45.6 Å². The molecule has 2 N–H and O–H groups in total. The molecule has 1 aliphatic carbocycles. The molecule has 108 valence electrons.